The quantitative estimate of drug-likeness (QED) is 0.835. The van der Waals surface area contributed by atoms with Crippen molar-refractivity contribution in [3.8, 4) is 0 Å². The molecular weight excluding hydrogens is 260 g/mol. The van der Waals surface area contributed by atoms with E-state index < -0.39 is 0 Å². The van der Waals surface area contributed by atoms with Gasteiger partial charge in [-0.05, 0) is 51.5 Å². The van der Waals surface area contributed by atoms with Gasteiger partial charge in [0.25, 0.3) is 0 Å². The summed E-state index contributed by atoms with van der Waals surface area (Å²) in [6.45, 7) is 8.60. The number of pyridine rings is 1. The Labute approximate surface area is 129 Å². The third-order valence-corrected chi connectivity index (χ3v) is 3.90. The fourth-order valence-corrected chi connectivity index (χ4v) is 2.96. The van der Waals surface area contributed by atoms with Crippen LogP contribution >= 0.6 is 0 Å². The molecule has 2 heterocycles. The third-order valence-electron chi connectivity index (χ3n) is 3.90. The number of hydrogen-bond acceptors (Lipinski definition) is 4. The van der Waals surface area contributed by atoms with E-state index in [4.69, 9.17) is 4.98 Å². The van der Waals surface area contributed by atoms with Crippen LogP contribution in [0.15, 0.2) is 18.2 Å². The Balaban J connectivity index is 1.99. The highest BCUT2D eigenvalue weighted by Gasteiger charge is 2.25. The number of aromatic nitrogens is 1. The Morgan fingerprint density at radius 1 is 1.38 bits per heavy atom. The molecule has 21 heavy (non-hydrogen) atoms. The zero-order chi connectivity index (χ0) is 15.2. The predicted octanol–water partition coefficient (Wildman–Crippen LogP) is 2.36. The maximum absolute atomic E-state index is 4.85. The summed E-state index contributed by atoms with van der Waals surface area (Å²) < 4.78 is 0. The summed E-state index contributed by atoms with van der Waals surface area (Å²) in [6.07, 6.45) is 2.55. The average molecular weight is 290 g/mol. The van der Waals surface area contributed by atoms with E-state index in [9.17, 15) is 0 Å². The largest absolute Gasteiger partial charge is 0.352 e. The number of nitrogens with one attached hydrogen (secondary N) is 1. The molecule has 1 aliphatic rings. The predicted molar refractivity (Wildman–Crippen MR) is 89.7 cm³/mol. The molecule has 0 aliphatic carbocycles. The van der Waals surface area contributed by atoms with E-state index in [1.54, 1.807) is 0 Å². The minimum Gasteiger partial charge on any atom is -0.352 e. The average Bonchev–Trinajstić information content (AvgIpc) is 2.86. The van der Waals surface area contributed by atoms with E-state index in [2.05, 4.69) is 61.3 Å². The molecule has 1 atom stereocenters. The summed E-state index contributed by atoms with van der Waals surface area (Å²) in [5.74, 6) is 1.82. The lowest BCUT2D eigenvalue weighted by molar-refractivity contribution is 0.371. The van der Waals surface area contributed by atoms with Crippen LogP contribution in [0.4, 0.5) is 5.82 Å². The van der Waals surface area contributed by atoms with Crippen LogP contribution in [-0.4, -0.2) is 49.7 Å². The molecule has 1 N–H and O–H groups in total. The van der Waals surface area contributed by atoms with Crippen molar-refractivity contribution in [1.29, 1.82) is 0 Å². The van der Waals surface area contributed by atoms with E-state index in [1.807, 2.05) is 0 Å². The second-order valence-corrected chi connectivity index (χ2v) is 6.76. The van der Waals surface area contributed by atoms with Crippen molar-refractivity contribution in [2.45, 2.75) is 39.3 Å². The molecular formula is C17H30N4. The van der Waals surface area contributed by atoms with Crippen molar-refractivity contribution >= 4 is 5.82 Å². The van der Waals surface area contributed by atoms with Crippen LogP contribution in [0.25, 0.3) is 0 Å². The lowest BCUT2D eigenvalue weighted by Crippen LogP contribution is -2.38. The number of anilines is 1. The summed E-state index contributed by atoms with van der Waals surface area (Å²) in [5.41, 5.74) is 1.14. The highest BCUT2D eigenvalue weighted by atomic mass is 15.3. The van der Waals surface area contributed by atoms with E-state index in [0.717, 1.165) is 37.7 Å². The molecule has 2 rings (SSSR count). The molecule has 0 amide bonds. The van der Waals surface area contributed by atoms with E-state index in [1.165, 1.54) is 12.8 Å². The van der Waals surface area contributed by atoms with Crippen molar-refractivity contribution in [1.82, 2.24) is 15.2 Å². The van der Waals surface area contributed by atoms with Gasteiger partial charge in [-0.3, -0.25) is 0 Å². The minimum atomic E-state index is 0.603. The summed E-state index contributed by atoms with van der Waals surface area (Å²) >= 11 is 0. The van der Waals surface area contributed by atoms with E-state index in [0.29, 0.717) is 12.0 Å². The Bertz CT molecular complexity index is 431. The summed E-state index contributed by atoms with van der Waals surface area (Å²) in [5, 5.41) is 3.47. The van der Waals surface area contributed by atoms with Crippen LogP contribution in [0, 0.1) is 5.92 Å². The summed E-state index contributed by atoms with van der Waals surface area (Å²) in [4.78, 5) is 9.61. The van der Waals surface area contributed by atoms with Gasteiger partial charge in [-0.25, -0.2) is 4.98 Å². The molecule has 4 heteroatoms. The maximum atomic E-state index is 4.85. The fraction of sp³-hybridized carbons (Fsp3) is 0.706. The van der Waals surface area contributed by atoms with Crippen molar-refractivity contribution in [2.75, 3.05) is 38.6 Å². The topological polar surface area (TPSA) is 31.4 Å². The second-order valence-electron chi connectivity index (χ2n) is 6.76. The van der Waals surface area contributed by atoms with Gasteiger partial charge in [0.15, 0.2) is 0 Å². The van der Waals surface area contributed by atoms with Gasteiger partial charge < -0.3 is 15.1 Å². The molecule has 118 valence electrons. The first kappa shape index (κ1) is 16.2. The molecule has 0 aromatic carbocycles. The molecule has 1 aromatic heterocycles. The molecule has 0 radical (unpaired) electrons. The van der Waals surface area contributed by atoms with Gasteiger partial charge in [-0.15, -0.1) is 0 Å². The first-order valence-electron chi connectivity index (χ1n) is 8.14. The lowest BCUT2D eigenvalue weighted by atomic mass is 10.2. The van der Waals surface area contributed by atoms with Gasteiger partial charge in [0.05, 0.1) is 5.69 Å². The van der Waals surface area contributed by atoms with Gasteiger partial charge in [0, 0.05) is 25.7 Å². The van der Waals surface area contributed by atoms with Crippen LogP contribution in [0.2, 0.25) is 0 Å². The van der Waals surface area contributed by atoms with Gasteiger partial charge in [-0.1, -0.05) is 19.9 Å². The highest BCUT2D eigenvalue weighted by molar-refractivity contribution is 5.42. The van der Waals surface area contributed by atoms with Gasteiger partial charge in [-0.2, -0.15) is 0 Å². The summed E-state index contributed by atoms with van der Waals surface area (Å²) in [7, 11) is 4.30. The molecule has 1 aliphatic heterocycles. The van der Waals surface area contributed by atoms with Crippen LogP contribution in [-0.2, 0) is 6.54 Å². The van der Waals surface area contributed by atoms with Crippen LogP contribution in [0.3, 0.4) is 0 Å². The second kappa shape index (κ2) is 7.76. The molecule has 0 bridgehead atoms. The molecule has 1 saturated heterocycles. The number of hydrogen-bond donors (Lipinski definition) is 1. The lowest BCUT2D eigenvalue weighted by Gasteiger charge is -2.28. The number of likely N-dealkylation sites (N-methyl/N-ethyl adjacent to an activating group) is 1. The first-order chi connectivity index (χ1) is 10.1. The SMILES string of the molecule is CC(C)CNCc1cccc(N2CCCC2CN(C)C)n1. The Kier molecular flexibility index (Phi) is 6.00. The Morgan fingerprint density at radius 2 is 2.19 bits per heavy atom. The molecule has 1 fully saturated rings. The van der Waals surface area contributed by atoms with Crippen LogP contribution in [0.5, 0.6) is 0 Å². The molecule has 4 nitrogen and oxygen atoms in total. The first-order valence-corrected chi connectivity index (χ1v) is 8.14. The monoisotopic (exact) mass is 290 g/mol. The van der Waals surface area contributed by atoms with Crippen molar-refractivity contribution in [3.63, 3.8) is 0 Å². The van der Waals surface area contributed by atoms with E-state index in [-0.39, 0.29) is 0 Å². The van der Waals surface area contributed by atoms with Crippen LogP contribution < -0.4 is 10.2 Å². The Hall–Kier alpha value is -1.13. The smallest absolute Gasteiger partial charge is 0.129 e. The summed E-state index contributed by atoms with van der Waals surface area (Å²) in [6, 6.07) is 7.01. The van der Waals surface area contributed by atoms with Crippen molar-refractivity contribution in [3.05, 3.63) is 23.9 Å². The molecule has 1 aromatic rings. The normalized spacial score (nSPS) is 19.0. The highest BCUT2D eigenvalue weighted by Crippen LogP contribution is 2.24. The van der Waals surface area contributed by atoms with Gasteiger partial charge in [0.2, 0.25) is 0 Å². The zero-order valence-electron chi connectivity index (χ0n) is 14.0. The van der Waals surface area contributed by atoms with Crippen molar-refractivity contribution < 1.29 is 0 Å². The maximum Gasteiger partial charge on any atom is 0.129 e. The molecule has 0 saturated carbocycles. The fourth-order valence-electron chi connectivity index (χ4n) is 2.96. The van der Waals surface area contributed by atoms with Crippen LogP contribution in [0.1, 0.15) is 32.4 Å². The van der Waals surface area contributed by atoms with Crippen molar-refractivity contribution in [2.24, 2.45) is 5.92 Å². The number of rotatable bonds is 7. The molecule has 0 spiro atoms. The number of nitrogens with zero attached hydrogens (tertiary/aromatic N) is 3. The minimum absolute atomic E-state index is 0.603. The molecule has 1 unspecified atom stereocenters. The van der Waals surface area contributed by atoms with Gasteiger partial charge >= 0.3 is 0 Å². The standard InChI is InChI=1S/C17H30N4/c1-14(2)11-18-12-15-7-5-9-17(19-15)21-10-6-8-16(21)13-20(3)4/h5,7,9,14,16,18H,6,8,10-13H2,1-4H3. The van der Waals surface area contributed by atoms with Gasteiger partial charge in [0.1, 0.15) is 5.82 Å². The van der Waals surface area contributed by atoms with E-state index >= 15 is 0 Å². The Morgan fingerprint density at radius 3 is 2.90 bits per heavy atom. The third kappa shape index (κ3) is 4.97. The zero-order valence-corrected chi connectivity index (χ0v) is 14.0.